The normalized spacial score (nSPS) is 26.8. The fraction of sp³-hybridized carbons (Fsp3) is 0.471. The van der Waals surface area contributed by atoms with Gasteiger partial charge in [0.05, 0.1) is 12.0 Å². The molecule has 2 heteroatoms. The first-order valence-corrected chi connectivity index (χ1v) is 7.11. The summed E-state index contributed by atoms with van der Waals surface area (Å²) in [6.07, 6.45) is 5.74. The van der Waals surface area contributed by atoms with Gasteiger partial charge in [-0.15, -0.1) is 6.58 Å². The van der Waals surface area contributed by atoms with E-state index in [2.05, 4.69) is 13.5 Å². The number of benzene rings is 1. The van der Waals surface area contributed by atoms with Crippen LogP contribution in [0.3, 0.4) is 0 Å². The molecule has 1 aromatic carbocycles. The molecule has 1 aliphatic rings. The van der Waals surface area contributed by atoms with Gasteiger partial charge in [0, 0.05) is 0 Å². The Morgan fingerprint density at radius 2 is 2.16 bits per heavy atom. The van der Waals surface area contributed by atoms with Gasteiger partial charge in [0.15, 0.2) is 0 Å². The predicted octanol–water partition coefficient (Wildman–Crippen LogP) is 3.86. The maximum absolute atomic E-state index is 12.5. The zero-order valence-electron chi connectivity index (χ0n) is 11.6. The van der Waals surface area contributed by atoms with Crippen molar-refractivity contribution in [3.63, 3.8) is 0 Å². The number of unbranched alkanes of at least 4 members (excludes halogenated alkanes) is 1. The minimum atomic E-state index is -0.530. The van der Waals surface area contributed by atoms with Crippen LogP contribution < -0.4 is 0 Å². The molecular formula is C17H22O2. The quantitative estimate of drug-likeness (QED) is 0.592. The van der Waals surface area contributed by atoms with Crippen LogP contribution in [0.1, 0.15) is 38.2 Å². The van der Waals surface area contributed by atoms with E-state index < -0.39 is 5.41 Å². The number of carbonyl (C=O) groups excluding carboxylic acids is 1. The molecule has 1 fully saturated rings. The molecule has 0 saturated carbocycles. The van der Waals surface area contributed by atoms with E-state index in [1.165, 1.54) is 0 Å². The van der Waals surface area contributed by atoms with Crippen molar-refractivity contribution in [2.24, 2.45) is 5.92 Å². The molecular weight excluding hydrogens is 236 g/mol. The standard InChI is InChI=1S/C17H22O2/c1-3-5-12-17(15-9-7-6-8-10-15)14(4-2)11-13-19-16(17)18/h4,6-10,14H,2-3,5,11-13H2,1H3. The van der Waals surface area contributed by atoms with Gasteiger partial charge in [0.2, 0.25) is 0 Å². The topological polar surface area (TPSA) is 26.3 Å². The minimum Gasteiger partial charge on any atom is -0.465 e. The lowest BCUT2D eigenvalue weighted by molar-refractivity contribution is -0.159. The molecule has 0 aromatic heterocycles. The Morgan fingerprint density at radius 3 is 2.79 bits per heavy atom. The van der Waals surface area contributed by atoms with Crippen molar-refractivity contribution in [3.8, 4) is 0 Å². The van der Waals surface area contributed by atoms with Crippen molar-refractivity contribution in [2.45, 2.75) is 38.0 Å². The second kappa shape index (κ2) is 6.05. The van der Waals surface area contributed by atoms with E-state index >= 15 is 0 Å². The maximum atomic E-state index is 12.5. The third-order valence-electron chi connectivity index (χ3n) is 4.16. The molecule has 102 valence electrons. The zero-order valence-corrected chi connectivity index (χ0v) is 11.6. The van der Waals surface area contributed by atoms with Crippen LogP contribution in [0.5, 0.6) is 0 Å². The zero-order chi connectivity index (χ0) is 13.7. The summed E-state index contributed by atoms with van der Waals surface area (Å²) in [6, 6.07) is 10.0. The Kier molecular flexibility index (Phi) is 4.41. The number of carbonyl (C=O) groups is 1. The number of allylic oxidation sites excluding steroid dienone is 1. The average Bonchev–Trinajstić information content (AvgIpc) is 2.47. The highest BCUT2D eigenvalue weighted by molar-refractivity contribution is 5.84. The number of rotatable bonds is 5. The van der Waals surface area contributed by atoms with Crippen LogP contribution in [-0.2, 0) is 14.9 Å². The third-order valence-corrected chi connectivity index (χ3v) is 4.16. The molecule has 0 aliphatic carbocycles. The number of hydrogen-bond donors (Lipinski definition) is 0. The SMILES string of the molecule is C=CC1CCOC(=O)C1(CCCC)c1ccccc1. The molecule has 2 nitrogen and oxygen atoms in total. The van der Waals surface area contributed by atoms with Crippen molar-refractivity contribution in [1.29, 1.82) is 0 Å². The molecule has 19 heavy (non-hydrogen) atoms. The lowest BCUT2D eigenvalue weighted by atomic mass is 9.65. The van der Waals surface area contributed by atoms with Gasteiger partial charge < -0.3 is 4.74 Å². The Hall–Kier alpha value is -1.57. The van der Waals surface area contributed by atoms with Crippen molar-refractivity contribution in [2.75, 3.05) is 6.61 Å². The summed E-state index contributed by atoms with van der Waals surface area (Å²) >= 11 is 0. The second-order valence-corrected chi connectivity index (χ2v) is 5.21. The number of hydrogen-bond acceptors (Lipinski definition) is 2. The molecule has 0 spiro atoms. The molecule has 2 rings (SSSR count). The second-order valence-electron chi connectivity index (χ2n) is 5.21. The fourth-order valence-electron chi connectivity index (χ4n) is 3.08. The highest BCUT2D eigenvalue weighted by atomic mass is 16.5. The molecule has 0 radical (unpaired) electrons. The molecule has 2 unspecified atom stereocenters. The van der Waals surface area contributed by atoms with E-state index in [4.69, 9.17) is 4.74 Å². The summed E-state index contributed by atoms with van der Waals surface area (Å²) in [6.45, 7) is 6.60. The van der Waals surface area contributed by atoms with Crippen molar-refractivity contribution in [1.82, 2.24) is 0 Å². The summed E-state index contributed by atoms with van der Waals surface area (Å²) in [7, 11) is 0. The molecule has 0 amide bonds. The monoisotopic (exact) mass is 258 g/mol. The molecule has 1 aliphatic heterocycles. The number of ether oxygens (including phenoxy) is 1. The van der Waals surface area contributed by atoms with Crippen molar-refractivity contribution >= 4 is 5.97 Å². The third kappa shape index (κ3) is 2.44. The summed E-state index contributed by atoms with van der Waals surface area (Å²) in [5, 5.41) is 0. The Balaban J connectivity index is 2.47. The summed E-state index contributed by atoms with van der Waals surface area (Å²) in [5.41, 5.74) is 0.537. The van der Waals surface area contributed by atoms with E-state index in [0.717, 1.165) is 31.2 Å². The van der Waals surface area contributed by atoms with Gasteiger partial charge in [-0.2, -0.15) is 0 Å². The van der Waals surface area contributed by atoms with Gasteiger partial charge in [-0.25, -0.2) is 0 Å². The van der Waals surface area contributed by atoms with Crippen LogP contribution in [0.4, 0.5) is 0 Å². The average molecular weight is 258 g/mol. The van der Waals surface area contributed by atoms with Crippen LogP contribution in [0.25, 0.3) is 0 Å². The molecule has 1 aromatic rings. The molecule has 0 bridgehead atoms. The van der Waals surface area contributed by atoms with Crippen LogP contribution in [0.15, 0.2) is 43.0 Å². The largest absolute Gasteiger partial charge is 0.465 e. The minimum absolute atomic E-state index is 0.0803. The number of cyclic esters (lactones) is 1. The van der Waals surface area contributed by atoms with Crippen LogP contribution in [0, 0.1) is 5.92 Å². The Labute approximate surface area is 115 Å². The first-order valence-electron chi connectivity index (χ1n) is 7.11. The maximum Gasteiger partial charge on any atom is 0.317 e. The van der Waals surface area contributed by atoms with Crippen LogP contribution in [-0.4, -0.2) is 12.6 Å². The van der Waals surface area contributed by atoms with Crippen molar-refractivity contribution in [3.05, 3.63) is 48.6 Å². The Morgan fingerprint density at radius 1 is 1.42 bits per heavy atom. The highest BCUT2D eigenvalue weighted by Crippen LogP contribution is 2.43. The van der Waals surface area contributed by atoms with Crippen molar-refractivity contribution < 1.29 is 9.53 Å². The summed E-state index contributed by atoms with van der Waals surface area (Å²) in [4.78, 5) is 12.5. The molecule has 0 N–H and O–H groups in total. The molecule has 1 saturated heterocycles. The fourth-order valence-corrected chi connectivity index (χ4v) is 3.08. The van der Waals surface area contributed by atoms with Crippen LogP contribution in [0.2, 0.25) is 0 Å². The summed E-state index contributed by atoms with van der Waals surface area (Å²) in [5.74, 6) is 0.0889. The molecule has 2 atom stereocenters. The highest BCUT2D eigenvalue weighted by Gasteiger charge is 2.48. The Bertz CT molecular complexity index is 438. The summed E-state index contributed by atoms with van der Waals surface area (Å²) < 4.78 is 5.39. The first-order chi connectivity index (χ1) is 9.25. The first kappa shape index (κ1) is 13.9. The van der Waals surface area contributed by atoms with E-state index in [-0.39, 0.29) is 11.9 Å². The molecule has 1 heterocycles. The van der Waals surface area contributed by atoms with Gasteiger partial charge in [0.25, 0.3) is 0 Å². The van der Waals surface area contributed by atoms with Gasteiger partial charge in [-0.1, -0.05) is 56.2 Å². The van der Waals surface area contributed by atoms with Gasteiger partial charge in [-0.05, 0) is 24.3 Å². The smallest absolute Gasteiger partial charge is 0.317 e. The van der Waals surface area contributed by atoms with Crippen LogP contribution >= 0.6 is 0 Å². The van der Waals surface area contributed by atoms with E-state index in [1.54, 1.807) is 0 Å². The van der Waals surface area contributed by atoms with E-state index in [9.17, 15) is 4.79 Å². The van der Waals surface area contributed by atoms with E-state index in [0.29, 0.717) is 6.61 Å². The van der Waals surface area contributed by atoms with Gasteiger partial charge in [-0.3, -0.25) is 4.79 Å². The predicted molar refractivity (Wildman–Crippen MR) is 76.9 cm³/mol. The van der Waals surface area contributed by atoms with Gasteiger partial charge >= 0.3 is 5.97 Å². The number of esters is 1. The lowest BCUT2D eigenvalue weighted by Gasteiger charge is -2.41. The van der Waals surface area contributed by atoms with Gasteiger partial charge in [0.1, 0.15) is 0 Å². The van der Waals surface area contributed by atoms with E-state index in [1.807, 2.05) is 36.4 Å². The lowest BCUT2D eigenvalue weighted by Crippen LogP contribution is -2.47.